The Labute approximate surface area is 117 Å². The number of likely N-dealkylation sites (N-methyl/N-ethyl adjacent to an activating group) is 1. The first-order valence-electron chi connectivity index (χ1n) is 6.34. The average Bonchev–Trinajstić information content (AvgIpc) is 2.48. The molecule has 6 nitrogen and oxygen atoms in total. The Morgan fingerprint density at radius 1 is 1.45 bits per heavy atom. The first-order chi connectivity index (χ1) is 9.60. The summed E-state index contributed by atoms with van der Waals surface area (Å²) in [6.45, 7) is 0.952. The fourth-order valence-electron chi connectivity index (χ4n) is 2.04. The van der Waals surface area contributed by atoms with Crippen molar-refractivity contribution < 1.29 is 9.59 Å². The molecule has 1 atom stereocenters. The third-order valence-electron chi connectivity index (χ3n) is 3.19. The van der Waals surface area contributed by atoms with Gasteiger partial charge in [-0.05, 0) is 17.7 Å². The van der Waals surface area contributed by atoms with E-state index in [0.29, 0.717) is 18.7 Å². The van der Waals surface area contributed by atoms with Gasteiger partial charge in [0.2, 0.25) is 11.8 Å². The molecule has 104 valence electrons. The van der Waals surface area contributed by atoms with E-state index in [4.69, 9.17) is 5.26 Å². The highest BCUT2D eigenvalue weighted by atomic mass is 16.2. The molecule has 1 aromatic rings. The van der Waals surface area contributed by atoms with Crippen LogP contribution in [0.5, 0.6) is 0 Å². The van der Waals surface area contributed by atoms with Gasteiger partial charge in [0.15, 0.2) is 0 Å². The van der Waals surface area contributed by atoms with E-state index in [1.807, 2.05) is 12.1 Å². The van der Waals surface area contributed by atoms with E-state index in [1.54, 1.807) is 24.1 Å². The minimum Gasteiger partial charge on any atom is -0.353 e. The second kappa shape index (κ2) is 6.17. The normalized spacial score (nSPS) is 18.0. The highest BCUT2D eigenvalue weighted by molar-refractivity contribution is 5.86. The van der Waals surface area contributed by atoms with Crippen LogP contribution in [0.25, 0.3) is 0 Å². The molecule has 6 heteroatoms. The number of nitrogens with zero attached hydrogens (tertiary/aromatic N) is 2. The number of carbonyl (C=O) groups excluding carboxylic acids is 2. The third-order valence-corrected chi connectivity index (χ3v) is 3.19. The zero-order valence-electron chi connectivity index (χ0n) is 11.2. The molecule has 1 aliphatic rings. The summed E-state index contributed by atoms with van der Waals surface area (Å²) in [6, 6.07) is 8.80. The summed E-state index contributed by atoms with van der Waals surface area (Å²) in [7, 11) is 1.72. The number of nitriles is 1. The summed E-state index contributed by atoms with van der Waals surface area (Å²) in [4.78, 5) is 24.8. The largest absolute Gasteiger partial charge is 0.353 e. The predicted molar refractivity (Wildman–Crippen MR) is 72.4 cm³/mol. The van der Waals surface area contributed by atoms with Gasteiger partial charge in [0.05, 0.1) is 18.2 Å². The number of amides is 2. The summed E-state index contributed by atoms with van der Waals surface area (Å²) >= 11 is 0. The quantitative estimate of drug-likeness (QED) is 0.784. The van der Waals surface area contributed by atoms with Crippen molar-refractivity contribution >= 4 is 11.8 Å². The van der Waals surface area contributed by atoms with Gasteiger partial charge < -0.3 is 10.2 Å². The molecule has 1 fully saturated rings. The minimum atomic E-state index is -0.379. The van der Waals surface area contributed by atoms with Gasteiger partial charge in [0.25, 0.3) is 0 Å². The van der Waals surface area contributed by atoms with Crippen molar-refractivity contribution in [2.45, 2.75) is 12.6 Å². The summed E-state index contributed by atoms with van der Waals surface area (Å²) < 4.78 is 0. The summed E-state index contributed by atoms with van der Waals surface area (Å²) in [5, 5.41) is 14.3. The summed E-state index contributed by atoms with van der Waals surface area (Å²) in [6.07, 6.45) is 0. The van der Waals surface area contributed by atoms with E-state index in [2.05, 4.69) is 16.7 Å². The molecule has 0 spiro atoms. The Bertz CT molecular complexity index is 537. The topological polar surface area (TPSA) is 85.2 Å². The number of benzene rings is 1. The third kappa shape index (κ3) is 3.33. The molecule has 1 heterocycles. The molecule has 2 rings (SSSR count). The van der Waals surface area contributed by atoms with Crippen LogP contribution in [0.4, 0.5) is 0 Å². The smallest absolute Gasteiger partial charge is 0.241 e. The van der Waals surface area contributed by atoms with Crippen molar-refractivity contribution in [1.29, 1.82) is 5.26 Å². The molecule has 1 saturated heterocycles. The molecule has 1 aliphatic heterocycles. The van der Waals surface area contributed by atoms with Crippen LogP contribution >= 0.6 is 0 Å². The highest BCUT2D eigenvalue weighted by Gasteiger charge is 2.26. The monoisotopic (exact) mass is 272 g/mol. The molecule has 0 saturated carbocycles. The van der Waals surface area contributed by atoms with Crippen molar-refractivity contribution in [3.05, 3.63) is 35.4 Å². The zero-order chi connectivity index (χ0) is 14.5. The first kappa shape index (κ1) is 14.0. The molecule has 1 unspecified atom stereocenters. The van der Waals surface area contributed by atoms with Crippen molar-refractivity contribution in [2.75, 3.05) is 20.1 Å². The van der Waals surface area contributed by atoms with E-state index in [9.17, 15) is 9.59 Å². The van der Waals surface area contributed by atoms with E-state index >= 15 is 0 Å². The Morgan fingerprint density at radius 3 is 2.70 bits per heavy atom. The number of nitrogens with one attached hydrogen (secondary N) is 2. The molecule has 0 aliphatic carbocycles. The molecule has 20 heavy (non-hydrogen) atoms. The number of hydrogen-bond donors (Lipinski definition) is 2. The Kier molecular flexibility index (Phi) is 4.33. The van der Waals surface area contributed by atoms with Crippen molar-refractivity contribution in [1.82, 2.24) is 15.5 Å². The summed E-state index contributed by atoms with van der Waals surface area (Å²) in [5.74, 6) is -0.154. The molecule has 0 radical (unpaired) electrons. The molecule has 0 aromatic heterocycles. The lowest BCUT2D eigenvalue weighted by Crippen LogP contribution is -2.58. The number of carbonyl (C=O) groups is 2. The molecule has 1 aromatic carbocycles. The maximum absolute atomic E-state index is 12.2. The van der Waals surface area contributed by atoms with E-state index in [1.165, 1.54) is 0 Å². The fraction of sp³-hybridized carbons (Fsp3) is 0.357. The van der Waals surface area contributed by atoms with Crippen molar-refractivity contribution in [3.8, 4) is 6.07 Å². The Morgan fingerprint density at radius 2 is 2.15 bits per heavy atom. The van der Waals surface area contributed by atoms with Crippen LogP contribution in [0, 0.1) is 11.3 Å². The van der Waals surface area contributed by atoms with Gasteiger partial charge in [0.1, 0.15) is 6.04 Å². The van der Waals surface area contributed by atoms with Crippen LogP contribution < -0.4 is 10.6 Å². The Balaban J connectivity index is 1.93. The van der Waals surface area contributed by atoms with Gasteiger partial charge in [-0.25, -0.2) is 0 Å². The predicted octanol–water partition coefficient (Wildman–Crippen LogP) is -0.395. The maximum atomic E-state index is 12.2. The van der Waals surface area contributed by atoms with Crippen LogP contribution in [0.2, 0.25) is 0 Å². The number of piperazine rings is 1. The second-order valence-electron chi connectivity index (χ2n) is 4.74. The standard InChI is InChI=1S/C14H16N4O2/c1-18(9-11-4-2-10(6-15)3-5-11)14(20)12-7-17-13(19)8-16-12/h2-5,12,16H,7-9H2,1H3,(H,17,19). The van der Waals surface area contributed by atoms with Gasteiger partial charge in [0, 0.05) is 20.1 Å². The van der Waals surface area contributed by atoms with Gasteiger partial charge in [-0.3, -0.25) is 14.9 Å². The number of rotatable bonds is 3. The van der Waals surface area contributed by atoms with Crippen LogP contribution in [0.15, 0.2) is 24.3 Å². The maximum Gasteiger partial charge on any atom is 0.241 e. The zero-order valence-corrected chi connectivity index (χ0v) is 11.2. The van der Waals surface area contributed by atoms with Crippen molar-refractivity contribution in [3.63, 3.8) is 0 Å². The number of hydrogen-bond acceptors (Lipinski definition) is 4. The Hall–Kier alpha value is -2.39. The lowest BCUT2D eigenvalue weighted by molar-refractivity contribution is -0.134. The molecular weight excluding hydrogens is 256 g/mol. The van der Waals surface area contributed by atoms with Gasteiger partial charge in [-0.2, -0.15) is 5.26 Å². The highest BCUT2D eigenvalue weighted by Crippen LogP contribution is 2.07. The van der Waals surface area contributed by atoms with Crippen LogP contribution in [-0.2, 0) is 16.1 Å². The molecule has 0 bridgehead atoms. The molecular formula is C14H16N4O2. The van der Waals surface area contributed by atoms with Gasteiger partial charge in [-0.1, -0.05) is 12.1 Å². The van der Waals surface area contributed by atoms with Crippen LogP contribution in [0.3, 0.4) is 0 Å². The molecule has 2 N–H and O–H groups in total. The van der Waals surface area contributed by atoms with E-state index < -0.39 is 0 Å². The van der Waals surface area contributed by atoms with Crippen LogP contribution in [0.1, 0.15) is 11.1 Å². The van der Waals surface area contributed by atoms with E-state index in [0.717, 1.165) is 5.56 Å². The fourth-order valence-corrected chi connectivity index (χ4v) is 2.04. The SMILES string of the molecule is CN(Cc1ccc(C#N)cc1)C(=O)C1CNC(=O)CN1. The molecule has 2 amide bonds. The van der Waals surface area contributed by atoms with Crippen LogP contribution in [-0.4, -0.2) is 42.9 Å². The average molecular weight is 272 g/mol. The van der Waals surface area contributed by atoms with E-state index in [-0.39, 0.29) is 24.4 Å². The van der Waals surface area contributed by atoms with Gasteiger partial charge >= 0.3 is 0 Å². The second-order valence-corrected chi connectivity index (χ2v) is 4.74. The summed E-state index contributed by atoms with van der Waals surface area (Å²) in [5.41, 5.74) is 1.55. The van der Waals surface area contributed by atoms with Gasteiger partial charge in [-0.15, -0.1) is 0 Å². The lowest BCUT2D eigenvalue weighted by atomic mass is 10.1. The first-order valence-corrected chi connectivity index (χ1v) is 6.34. The lowest BCUT2D eigenvalue weighted by Gasteiger charge is -2.27. The van der Waals surface area contributed by atoms with Crippen molar-refractivity contribution in [2.24, 2.45) is 0 Å². The minimum absolute atomic E-state index is 0.0608.